The first kappa shape index (κ1) is 11.7. The summed E-state index contributed by atoms with van der Waals surface area (Å²) in [6.45, 7) is 8.23. The first-order chi connectivity index (χ1) is 7.29. The predicted molar refractivity (Wildman–Crippen MR) is 67.2 cm³/mol. The zero-order valence-electron chi connectivity index (χ0n) is 10.0. The van der Waals surface area contributed by atoms with E-state index in [9.17, 15) is 0 Å². The van der Waals surface area contributed by atoms with E-state index in [1.165, 1.54) is 10.9 Å². The lowest BCUT2D eigenvalue weighted by molar-refractivity contribution is 1.06. The van der Waals surface area contributed by atoms with Crippen molar-refractivity contribution >= 4 is 10.9 Å². The van der Waals surface area contributed by atoms with Crippen LogP contribution in [0.25, 0.3) is 10.9 Å². The van der Waals surface area contributed by atoms with E-state index in [1.807, 2.05) is 13.8 Å². The smallest absolute Gasteiger partial charge is 0.0705 e. The highest BCUT2D eigenvalue weighted by Crippen LogP contribution is 2.14. The van der Waals surface area contributed by atoms with Gasteiger partial charge in [-0.2, -0.15) is 0 Å². The molecule has 0 aliphatic rings. The van der Waals surface area contributed by atoms with E-state index in [0.29, 0.717) is 0 Å². The molecule has 0 N–H and O–H groups in total. The summed E-state index contributed by atoms with van der Waals surface area (Å²) in [7, 11) is 0. The predicted octanol–water partition coefficient (Wildman–Crippen LogP) is 4.13. The van der Waals surface area contributed by atoms with Crippen molar-refractivity contribution in [1.29, 1.82) is 0 Å². The number of rotatable bonds is 1. The number of pyridine rings is 1. The SMILES string of the molecule is CC.CCc1ccc2cc(C)ccc2n1. The van der Waals surface area contributed by atoms with Gasteiger partial charge in [0.25, 0.3) is 0 Å². The average molecular weight is 201 g/mol. The maximum Gasteiger partial charge on any atom is 0.0705 e. The average Bonchev–Trinajstić information content (AvgIpc) is 2.31. The minimum atomic E-state index is 1.00. The molecule has 0 saturated carbocycles. The highest BCUT2D eigenvalue weighted by Gasteiger charge is 1.96. The van der Waals surface area contributed by atoms with Crippen LogP contribution in [0.1, 0.15) is 32.0 Å². The van der Waals surface area contributed by atoms with Crippen molar-refractivity contribution in [3.8, 4) is 0 Å². The highest BCUT2D eigenvalue weighted by atomic mass is 14.7. The molecule has 0 aliphatic carbocycles. The van der Waals surface area contributed by atoms with Gasteiger partial charge in [-0.25, -0.2) is 0 Å². The molecule has 0 radical (unpaired) electrons. The van der Waals surface area contributed by atoms with Crippen LogP contribution in [-0.4, -0.2) is 4.98 Å². The molecule has 1 nitrogen and oxygen atoms in total. The molecular formula is C14H19N. The van der Waals surface area contributed by atoms with Crippen molar-refractivity contribution in [2.45, 2.75) is 34.1 Å². The van der Waals surface area contributed by atoms with Crippen LogP contribution in [0.5, 0.6) is 0 Å². The van der Waals surface area contributed by atoms with Gasteiger partial charge in [0.1, 0.15) is 0 Å². The Morgan fingerprint density at radius 1 is 1.07 bits per heavy atom. The Bertz CT molecular complexity index is 432. The van der Waals surface area contributed by atoms with Gasteiger partial charge in [-0.1, -0.05) is 38.5 Å². The van der Waals surface area contributed by atoms with Gasteiger partial charge in [0, 0.05) is 11.1 Å². The third-order valence-electron chi connectivity index (χ3n) is 2.26. The molecule has 0 bridgehead atoms. The third kappa shape index (κ3) is 2.79. The number of nitrogens with zero attached hydrogens (tertiary/aromatic N) is 1. The summed E-state index contributed by atoms with van der Waals surface area (Å²) in [5.41, 5.74) is 3.56. The summed E-state index contributed by atoms with van der Waals surface area (Å²) in [5.74, 6) is 0. The lowest BCUT2D eigenvalue weighted by atomic mass is 10.1. The second-order valence-electron chi connectivity index (χ2n) is 3.35. The second kappa shape index (κ2) is 5.50. The topological polar surface area (TPSA) is 12.9 Å². The second-order valence-corrected chi connectivity index (χ2v) is 3.35. The van der Waals surface area contributed by atoms with Gasteiger partial charge in [-0.15, -0.1) is 0 Å². The molecule has 2 rings (SSSR count). The fourth-order valence-corrected chi connectivity index (χ4v) is 1.48. The summed E-state index contributed by atoms with van der Waals surface area (Å²) < 4.78 is 0. The van der Waals surface area contributed by atoms with E-state index >= 15 is 0 Å². The molecule has 0 aliphatic heterocycles. The Balaban J connectivity index is 0.000000531. The minimum Gasteiger partial charge on any atom is -0.253 e. The van der Waals surface area contributed by atoms with Gasteiger partial charge in [0.15, 0.2) is 0 Å². The molecular weight excluding hydrogens is 182 g/mol. The summed E-state index contributed by atoms with van der Waals surface area (Å²) in [6, 6.07) is 10.6. The molecule has 15 heavy (non-hydrogen) atoms. The van der Waals surface area contributed by atoms with Gasteiger partial charge >= 0.3 is 0 Å². The van der Waals surface area contributed by atoms with E-state index < -0.39 is 0 Å². The van der Waals surface area contributed by atoms with E-state index in [0.717, 1.165) is 17.6 Å². The van der Waals surface area contributed by atoms with Crippen LogP contribution >= 0.6 is 0 Å². The standard InChI is InChI=1S/C12H13N.C2H6/c1-3-11-6-5-10-8-9(2)4-7-12(10)13-11;1-2/h4-8H,3H2,1-2H3;1-2H3. The molecule has 80 valence electrons. The molecule has 0 atom stereocenters. The summed E-state index contributed by atoms with van der Waals surface area (Å²) in [6.07, 6.45) is 1.00. The Morgan fingerprint density at radius 3 is 2.47 bits per heavy atom. The Labute approximate surface area is 92.2 Å². The van der Waals surface area contributed by atoms with Crippen LogP contribution in [0.15, 0.2) is 30.3 Å². The maximum atomic E-state index is 4.53. The lowest BCUT2D eigenvalue weighted by Crippen LogP contribution is -1.87. The van der Waals surface area contributed by atoms with Crippen LogP contribution < -0.4 is 0 Å². The van der Waals surface area contributed by atoms with E-state index in [1.54, 1.807) is 0 Å². The maximum absolute atomic E-state index is 4.53. The number of hydrogen-bond donors (Lipinski definition) is 0. The highest BCUT2D eigenvalue weighted by molar-refractivity contribution is 5.79. The van der Waals surface area contributed by atoms with Crippen molar-refractivity contribution in [3.63, 3.8) is 0 Å². The first-order valence-corrected chi connectivity index (χ1v) is 5.66. The van der Waals surface area contributed by atoms with Gasteiger partial charge in [-0.05, 0) is 31.5 Å². The number of aromatic nitrogens is 1. The van der Waals surface area contributed by atoms with E-state index in [2.05, 4.69) is 49.2 Å². The largest absolute Gasteiger partial charge is 0.253 e. The van der Waals surface area contributed by atoms with Gasteiger partial charge in [0.2, 0.25) is 0 Å². The van der Waals surface area contributed by atoms with Crippen LogP contribution in [0.4, 0.5) is 0 Å². The molecule has 2 aromatic rings. The number of hydrogen-bond acceptors (Lipinski definition) is 1. The zero-order valence-corrected chi connectivity index (χ0v) is 10.0. The molecule has 1 heterocycles. The van der Waals surface area contributed by atoms with Gasteiger partial charge < -0.3 is 0 Å². The van der Waals surface area contributed by atoms with Crippen LogP contribution in [-0.2, 0) is 6.42 Å². The number of benzene rings is 1. The number of fused-ring (bicyclic) bond motifs is 1. The quantitative estimate of drug-likeness (QED) is 0.676. The molecule has 0 saturated heterocycles. The normalized spacial score (nSPS) is 9.60. The first-order valence-electron chi connectivity index (χ1n) is 5.66. The third-order valence-corrected chi connectivity index (χ3v) is 2.26. The molecule has 1 heteroatoms. The summed E-state index contributed by atoms with van der Waals surface area (Å²) >= 11 is 0. The van der Waals surface area contributed by atoms with Gasteiger partial charge in [0.05, 0.1) is 5.52 Å². The summed E-state index contributed by atoms with van der Waals surface area (Å²) in [4.78, 5) is 4.53. The van der Waals surface area contributed by atoms with Crippen molar-refractivity contribution < 1.29 is 0 Å². The molecule has 1 aromatic heterocycles. The molecule has 0 unspecified atom stereocenters. The van der Waals surface area contributed by atoms with Crippen LogP contribution in [0, 0.1) is 6.92 Å². The van der Waals surface area contributed by atoms with Crippen LogP contribution in [0.3, 0.4) is 0 Å². The Hall–Kier alpha value is -1.37. The van der Waals surface area contributed by atoms with Crippen LogP contribution in [0.2, 0.25) is 0 Å². The van der Waals surface area contributed by atoms with Crippen molar-refractivity contribution in [2.75, 3.05) is 0 Å². The molecule has 0 amide bonds. The monoisotopic (exact) mass is 201 g/mol. The molecule has 0 fully saturated rings. The molecule has 0 spiro atoms. The van der Waals surface area contributed by atoms with Crippen molar-refractivity contribution in [2.24, 2.45) is 0 Å². The van der Waals surface area contributed by atoms with Crippen molar-refractivity contribution in [3.05, 3.63) is 41.6 Å². The fourth-order valence-electron chi connectivity index (χ4n) is 1.48. The fraction of sp³-hybridized carbons (Fsp3) is 0.357. The van der Waals surface area contributed by atoms with Gasteiger partial charge in [-0.3, -0.25) is 4.98 Å². The zero-order chi connectivity index (χ0) is 11.3. The Morgan fingerprint density at radius 2 is 1.80 bits per heavy atom. The van der Waals surface area contributed by atoms with Crippen molar-refractivity contribution in [1.82, 2.24) is 4.98 Å². The Kier molecular flexibility index (Phi) is 4.29. The number of aryl methyl sites for hydroxylation is 2. The van der Waals surface area contributed by atoms with E-state index in [-0.39, 0.29) is 0 Å². The lowest BCUT2D eigenvalue weighted by Gasteiger charge is -2.00. The minimum absolute atomic E-state index is 1.00. The summed E-state index contributed by atoms with van der Waals surface area (Å²) in [5, 5.41) is 1.23. The van der Waals surface area contributed by atoms with E-state index in [4.69, 9.17) is 0 Å². The molecule has 1 aromatic carbocycles.